The van der Waals surface area contributed by atoms with E-state index in [4.69, 9.17) is 9.47 Å². The van der Waals surface area contributed by atoms with Gasteiger partial charge >= 0.3 is 0 Å². The standard InChI is InChI=1S/C49H61F2NO6/c1-30-8-7-20-48(4)39(37-16-10-31(22-36(53)15-9-30)23-38(37)46(55)33-13-17-41(50)42(51)26-33)19-21-49(48,56)29-52(28-34-12-14-35-27-40(34)47(35,2)3)45(54)25-32-11-18-43(57-5)44(24-32)58-6/h8,10-11,13,16-18,23-24,26,34-36,39-40,53,56H,7,9,12,14-15,19-22,25,27-29H2,1-6H3/t34-,35-,36-,39-,40-,48-,49+/m0/s1. The van der Waals surface area contributed by atoms with Crippen LogP contribution in [0.3, 0.4) is 0 Å². The quantitative estimate of drug-likeness (QED) is 0.157. The molecule has 7 nitrogen and oxygen atoms in total. The van der Waals surface area contributed by atoms with E-state index in [0.717, 1.165) is 41.7 Å². The van der Waals surface area contributed by atoms with E-state index in [2.05, 4.69) is 33.8 Å². The zero-order valence-corrected chi connectivity index (χ0v) is 35.1. The van der Waals surface area contributed by atoms with Gasteiger partial charge in [0, 0.05) is 29.6 Å². The van der Waals surface area contributed by atoms with E-state index < -0.39 is 34.5 Å². The Labute approximate surface area is 342 Å². The fourth-order valence-corrected chi connectivity index (χ4v) is 11.3. The highest BCUT2D eigenvalue weighted by atomic mass is 19.2. The normalized spacial score (nSPS) is 29.1. The summed E-state index contributed by atoms with van der Waals surface area (Å²) in [6, 6.07) is 14.5. The number of fused-ring (bicyclic) bond motifs is 10. The number of aliphatic hydroxyl groups excluding tert-OH is 1. The molecule has 4 bridgehead atoms. The highest BCUT2D eigenvalue weighted by Gasteiger charge is 2.59. The number of amides is 1. The lowest BCUT2D eigenvalue weighted by Gasteiger charge is -2.61. The highest BCUT2D eigenvalue weighted by molar-refractivity contribution is 6.10. The second kappa shape index (κ2) is 16.5. The van der Waals surface area contributed by atoms with Crippen LogP contribution >= 0.6 is 0 Å². The number of hydrogen-bond acceptors (Lipinski definition) is 6. The van der Waals surface area contributed by atoms with Crippen molar-refractivity contribution < 1.29 is 38.1 Å². The Morgan fingerprint density at radius 3 is 2.38 bits per heavy atom. The van der Waals surface area contributed by atoms with E-state index in [1.807, 2.05) is 35.2 Å². The van der Waals surface area contributed by atoms with Gasteiger partial charge in [-0.2, -0.15) is 0 Å². The van der Waals surface area contributed by atoms with Crippen molar-refractivity contribution in [3.05, 3.63) is 106 Å². The van der Waals surface area contributed by atoms with Gasteiger partial charge in [-0.25, -0.2) is 8.78 Å². The molecule has 312 valence electrons. The van der Waals surface area contributed by atoms with Gasteiger partial charge in [-0.05, 0) is 153 Å². The molecule has 4 fully saturated rings. The number of hydrogen-bond donors (Lipinski definition) is 2. The van der Waals surface area contributed by atoms with Crippen LogP contribution in [0, 0.1) is 40.2 Å². The molecule has 3 aromatic carbocycles. The molecule has 6 aliphatic rings. The van der Waals surface area contributed by atoms with Crippen LogP contribution in [-0.4, -0.2) is 65.8 Å². The van der Waals surface area contributed by atoms with Gasteiger partial charge in [-0.1, -0.05) is 50.6 Å². The van der Waals surface area contributed by atoms with Crippen LogP contribution < -0.4 is 9.47 Å². The summed E-state index contributed by atoms with van der Waals surface area (Å²) in [5.41, 5.74) is 2.01. The zero-order valence-electron chi connectivity index (χ0n) is 35.1. The Morgan fingerprint density at radius 2 is 1.67 bits per heavy atom. The minimum Gasteiger partial charge on any atom is -0.493 e. The molecular weight excluding hydrogens is 737 g/mol. The molecule has 4 saturated carbocycles. The molecule has 7 atom stereocenters. The predicted molar refractivity (Wildman–Crippen MR) is 221 cm³/mol. The number of benzene rings is 3. The lowest BCUT2D eigenvalue weighted by Crippen LogP contribution is -2.58. The summed E-state index contributed by atoms with van der Waals surface area (Å²) in [5.74, 6) is -0.228. The Hall–Kier alpha value is -4.08. The molecule has 0 aromatic heterocycles. The van der Waals surface area contributed by atoms with E-state index in [0.29, 0.717) is 86.3 Å². The number of allylic oxidation sites excluding steroid dienone is 2. The van der Waals surface area contributed by atoms with Gasteiger partial charge in [-0.3, -0.25) is 9.59 Å². The van der Waals surface area contributed by atoms with Crippen molar-refractivity contribution >= 4 is 11.7 Å². The number of rotatable bonds is 10. The number of ketones is 1. The SMILES string of the molecule is COc1ccc(CC(=O)N(C[C@@H]2CC[C@H]3C[C@@H]2C3(C)C)C[C@]2(O)CC[C@H]3c4ccc(cc4C(=O)c4ccc(F)c(F)c4)C[C@@H](O)CCC(C)=CCC[C@@]32C)cc1OC. The van der Waals surface area contributed by atoms with Crippen LogP contribution in [0.1, 0.15) is 124 Å². The molecule has 9 heteroatoms. The molecule has 0 spiro atoms. The van der Waals surface area contributed by atoms with E-state index >= 15 is 0 Å². The van der Waals surface area contributed by atoms with Crippen LogP contribution in [0.2, 0.25) is 0 Å². The minimum absolute atomic E-state index is 0.0352. The molecular formula is C49H61F2NO6. The third-order valence-corrected chi connectivity index (χ3v) is 15.2. The monoisotopic (exact) mass is 797 g/mol. The maximum absolute atomic E-state index is 14.7. The molecule has 0 unspecified atom stereocenters. The molecule has 0 radical (unpaired) electrons. The summed E-state index contributed by atoms with van der Waals surface area (Å²) < 4.78 is 39.6. The zero-order chi connectivity index (χ0) is 41.6. The lowest BCUT2D eigenvalue weighted by molar-refractivity contribution is -0.149. The summed E-state index contributed by atoms with van der Waals surface area (Å²) in [6.07, 6.45) is 8.94. The topological polar surface area (TPSA) is 96.3 Å². The molecule has 9 rings (SSSR count). The van der Waals surface area contributed by atoms with Gasteiger partial charge < -0.3 is 24.6 Å². The van der Waals surface area contributed by atoms with Crippen molar-refractivity contribution in [2.24, 2.45) is 28.6 Å². The number of ether oxygens (including phenoxy) is 2. The molecule has 0 aliphatic heterocycles. The summed E-state index contributed by atoms with van der Waals surface area (Å²) in [6.45, 7) is 9.63. The molecule has 58 heavy (non-hydrogen) atoms. The van der Waals surface area contributed by atoms with E-state index in [1.165, 1.54) is 18.1 Å². The largest absolute Gasteiger partial charge is 0.493 e. The van der Waals surface area contributed by atoms with Gasteiger partial charge in [0.15, 0.2) is 28.9 Å². The van der Waals surface area contributed by atoms with Gasteiger partial charge in [0.2, 0.25) is 5.91 Å². The first kappa shape index (κ1) is 42.1. The van der Waals surface area contributed by atoms with Gasteiger partial charge in [0.05, 0.1) is 32.3 Å². The highest BCUT2D eigenvalue weighted by Crippen LogP contribution is 2.62. The van der Waals surface area contributed by atoms with Crippen LogP contribution in [0.25, 0.3) is 0 Å². The van der Waals surface area contributed by atoms with Crippen LogP contribution in [0.4, 0.5) is 8.78 Å². The van der Waals surface area contributed by atoms with Crippen molar-refractivity contribution in [3.8, 4) is 11.5 Å². The van der Waals surface area contributed by atoms with Crippen LogP contribution in [0.15, 0.2) is 66.2 Å². The maximum Gasteiger partial charge on any atom is 0.227 e. The maximum atomic E-state index is 14.7. The lowest BCUT2D eigenvalue weighted by atomic mass is 9.45. The number of carbonyl (C=O) groups is 2. The first-order valence-electron chi connectivity index (χ1n) is 21.2. The van der Waals surface area contributed by atoms with Crippen molar-refractivity contribution in [1.29, 1.82) is 0 Å². The Kier molecular flexibility index (Phi) is 12.0. The summed E-state index contributed by atoms with van der Waals surface area (Å²) in [7, 11) is 3.16. The Bertz CT molecular complexity index is 2060. The van der Waals surface area contributed by atoms with Crippen LogP contribution in [-0.2, 0) is 17.6 Å². The molecule has 1 amide bonds. The third-order valence-electron chi connectivity index (χ3n) is 15.2. The smallest absolute Gasteiger partial charge is 0.227 e. The molecule has 0 heterocycles. The summed E-state index contributed by atoms with van der Waals surface area (Å²) in [5, 5.41) is 24.3. The second-order valence-corrected chi connectivity index (χ2v) is 18.7. The van der Waals surface area contributed by atoms with Gasteiger partial charge in [0.1, 0.15) is 0 Å². The van der Waals surface area contributed by atoms with Crippen molar-refractivity contribution in [2.45, 2.75) is 116 Å². The van der Waals surface area contributed by atoms with E-state index in [-0.39, 0.29) is 35.8 Å². The number of nitrogens with zero attached hydrogens (tertiary/aromatic N) is 1. The predicted octanol–water partition coefficient (Wildman–Crippen LogP) is 9.40. The first-order chi connectivity index (χ1) is 27.6. The summed E-state index contributed by atoms with van der Waals surface area (Å²) >= 11 is 0. The molecule has 3 aromatic rings. The third kappa shape index (κ3) is 7.98. The second-order valence-electron chi connectivity index (χ2n) is 18.7. The molecule has 6 aliphatic carbocycles. The fourth-order valence-electron chi connectivity index (χ4n) is 11.3. The number of methoxy groups -OCH3 is 2. The molecule has 0 saturated heterocycles. The van der Waals surface area contributed by atoms with E-state index in [9.17, 15) is 28.6 Å². The number of carbonyl (C=O) groups excluding carboxylic acids is 2. The van der Waals surface area contributed by atoms with E-state index in [1.54, 1.807) is 20.3 Å². The average Bonchev–Trinajstić information content (AvgIpc) is 3.45. The van der Waals surface area contributed by atoms with Gasteiger partial charge in [-0.15, -0.1) is 0 Å². The number of halogens is 2. The Morgan fingerprint density at radius 1 is 0.897 bits per heavy atom. The Balaban J connectivity index is 1.28. The van der Waals surface area contributed by atoms with Crippen molar-refractivity contribution in [3.63, 3.8) is 0 Å². The average molecular weight is 798 g/mol. The molecule has 2 N–H and O–H groups in total. The number of aliphatic hydroxyl groups is 2. The fraction of sp³-hybridized carbons (Fsp3) is 0.551. The van der Waals surface area contributed by atoms with Crippen molar-refractivity contribution in [2.75, 3.05) is 27.3 Å². The van der Waals surface area contributed by atoms with Gasteiger partial charge in [0.25, 0.3) is 0 Å². The first-order valence-corrected chi connectivity index (χ1v) is 21.2. The van der Waals surface area contributed by atoms with Crippen LogP contribution in [0.5, 0.6) is 11.5 Å². The summed E-state index contributed by atoms with van der Waals surface area (Å²) in [4.78, 5) is 31.0. The van der Waals surface area contributed by atoms with Crippen molar-refractivity contribution in [1.82, 2.24) is 4.90 Å². The minimum atomic E-state index is -1.31.